The van der Waals surface area contributed by atoms with E-state index in [2.05, 4.69) is 20.8 Å². The van der Waals surface area contributed by atoms with Gasteiger partial charge in [0.05, 0.1) is 11.6 Å². The molecular weight excluding hydrogens is 355 g/mol. The first-order valence-electron chi connectivity index (χ1n) is 7.05. The smallest absolute Gasteiger partial charge is 0.367 e. The molecular formula is C17H15BrF3N. The zero-order valence-corrected chi connectivity index (χ0v) is 13.6. The molecule has 2 aromatic rings. The molecule has 0 N–H and O–H groups in total. The van der Waals surface area contributed by atoms with Gasteiger partial charge < -0.3 is 4.90 Å². The first kappa shape index (κ1) is 15.4. The summed E-state index contributed by atoms with van der Waals surface area (Å²) in [6.07, 6.45) is -2.65. The van der Waals surface area contributed by atoms with Gasteiger partial charge >= 0.3 is 6.18 Å². The van der Waals surface area contributed by atoms with E-state index >= 15 is 0 Å². The van der Waals surface area contributed by atoms with Gasteiger partial charge in [0.15, 0.2) is 0 Å². The second-order valence-corrected chi connectivity index (χ2v) is 6.38. The van der Waals surface area contributed by atoms with E-state index in [9.17, 15) is 13.2 Å². The normalized spacial score (nSPS) is 18.2. The molecule has 0 fully saturated rings. The van der Waals surface area contributed by atoms with Crippen molar-refractivity contribution in [1.82, 2.24) is 0 Å². The fraction of sp³-hybridized carbons (Fsp3) is 0.294. The third-order valence-corrected chi connectivity index (χ3v) is 4.95. The number of hydrogen-bond donors (Lipinski definition) is 0. The molecule has 1 unspecified atom stereocenters. The van der Waals surface area contributed by atoms with Crippen LogP contribution in [0.25, 0.3) is 0 Å². The van der Waals surface area contributed by atoms with Crippen LogP contribution in [0.4, 0.5) is 18.9 Å². The topological polar surface area (TPSA) is 3.24 Å². The van der Waals surface area contributed by atoms with Crippen LogP contribution in [0.5, 0.6) is 0 Å². The van der Waals surface area contributed by atoms with Crippen LogP contribution in [-0.4, -0.2) is 7.05 Å². The maximum absolute atomic E-state index is 12.9. The van der Waals surface area contributed by atoms with Crippen LogP contribution in [0.15, 0.2) is 46.9 Å². The predicted molar refractivity (Wildman–Crippen MR) is 85.1 cm³/mol. The second-order valence-electron chi connectivity index (χ2n) is 5.53. The molecule has 0 amide bonds. The Balaban J connectivity index is 1.98. The molecule has 3 rings (SSSR count). The molecule has 0 saturated heterocycles. The van der Waals surface area contributed by atoms with Crippen LogP contribution in [0.2, 0.25) is 0 Å². The van der Waals surface area contributed by atoms with Gasteiger partial charge in [0, 0.05) is 17.2 Å². The molecule has 1 atom stereocenters. The van der Waals surface area contributed by atoms with Crippen molar-refractivity contribution in [3.63, 3.8) is 0 Å². The fourth-order valence-corrected chi connectivity index (χ4v) is 3.63. The summed E-state index contributed by atoms with van der Waals surface area (Å²) in [5.41, 5.74) is 2.41. The Morgan fingerprint density at radius 1 is 1.14 bits per heavy atom. The van der Waals surface area contributed by atoms with E-state index in [1.165, 1.54) is 17.7 Å². The van der Waals surface area contributed by atoms with Crippen molar-refractivity contribution in [3.05, 3.63) is 63.6 Å². The zero-order chi connectivity index (χ0) is 15.9. The number of halogens is 4. The predicted octanol–water partition coefficient (Wildman–Crippen LogP) is 5.59. The number of nitrogens with zero attached hydrogens (tertiary/aromatic N) is 1. The summed E-state index contributed by atoms with van der Waals surface area (Å²) in [4.78, 5) is 2.07. The Hall–Kier alpha value is -1.49. The maximum Gasteiger partial charge on any atom is 0.416 e. The van der Waals surface area contributed by atoms with Crippen molar-refractivity contribution in [2.45, 2.75) is 25.1 Å². The largest absolute Gasteiger partial charge is 0.416 e. The highest BCUT2D eigenvalue weighted by Crippen LogP contribution is 2.41. The minimum Gasteiger partial charge on any atom is -0.367 e. The third-order valence-electron chi connectivity index (χ3n) is 4.21. The van der Waals surface area contributed by atoms with Gasteiger partial charge in [-0.1, -0.05) is 34.1 Å². The molecule has 0 aromatic heterocycles. The number of hydrogen-bond acceptors (Lipinski definition) is 1. The second kappa shape index (κ2) is 5.61. The van der Waals surface area contributed by atoms with Gasteiger partial charge in [-0.05, 0) is 48.2 Å². The quantitative estimate of drug-likeness (QED) is 0.632. The number of alkyl halides is 3. The maximum atomic E-state index is 12.9. The lowest BCUT2D eigenvalue weighted by molar-refractivity contribution is -0.137. The van der Waals surface area contributed by atoms with Crippen molar-refractivity contribution in [2.75, 3.05) is 11.9 Å². The third kappa shape index (κ3) is 2.74. The van der Waals surface area contributed by atoms with Crippen LogP contribution in [0.1, 0.15) is 29.2 Å². The van der Waals surface area contributed by atoms with Crippen molar-refractivity contribution in [3.8, 4) is 0 Å². The Labute approximate surface area is 135 Å². The zero-order valence-electron chi connectivity index (χ0n) is 12.0. The number of benzene rings is 2. The van der Waals surface area contributed by atoms with E-state index in [0.717, 1.165) is 29.1 Å². The molecule has 0 aliphatic carbocycles. The molecule has 5 heteroatoms. The van der Waals surface area contributed by atoms with Crippen LogP contribution in [-0.2, 0) is 12.6 Å². The fourth-order valence-electron chi connectivity index (χ4n) is 3.08. The summed E-state index contributed by atoms with van der Waals surface area (Å²) < 4.78 is 39.8. The lowest BCUT2D eigenvalue weighted by atomic mass is 9.91. The molecule has 0 spiro atoms. The van der Waals surface area contributed by atoms with Gasteiger partial charge in [-0.3, -0.25) is 0 Å². The summed E-state index contributed by atoms with van der Waals surface area (Å²) in [5, 5.41) is 0. The molecule has 116 valence electrons. The van der Waals surface area contributed by atoms with Gasteiger partial charge in [-0.15, -0.1) is 0 Å². The average Bonchev–Trinajstić information content (AvgIpc) is 2.48. The monoisotopic (exact) mass is 369 g/mol. The van der Waals surface area contributed by atoms with Gasteiger partial charge in [-0.2, -0.15) is 13.2 Å². The van der Waals surface area contributed by atoms with Crippen molar-refractivity contribution in [2.24, 2.45) is 0 Å². The molecule has 1 nitrogen and oxygen atoms in total. The van der Waals surface area contributed by atoms with E-state index in [4.69, 9.17) is 0 Å². The Kier molecular flexibility index (Phi) is 3.93. The first-order chi connectivity index (χ1) is 10.4. The summed E-state index contributed by atoms with van der Waals surface area (Å²) in [6, 6.07) is 11.6. The summed E-state index contributed by atoms with van der Waals surface area (Å²) in [5.74, 6) is 0. The Morgan fingerprint density at radius 3 is 2.59 bits per heavy atom. The highest BCUT2D eigenvalue weighted by atomic mass is 79.9. The van der Waals surface area contributed by atoms with E-state index in [1.54, 1.807) is 6.07 Å². The molecule has 2 aromatic carbocycles. The standard InChI is InChI=1S/C17H15BrF3N/c1-22-15(9-8-13-14(18)6-3-7-16(13)22)11-4-2-5-12(10-11)17(19,20)21/h2-7,10,15H,8-9H2,1H3. The summed E-state index contributed by atoms with van der Waals surface area (Å²) in [7, 11) is 1.94. The number of rotatable bonds is 1. The molecule has 22 heavy (non-hydrogen) atoms. The molecule has 1 aliphatic rings. The van der Waals surface area contributed by atoms with Gasteiger partial charge in [0.1, 0.15) is 0 Å². The van der Waals surface area contributed by atoms with Crippen LogP contribution in [0, 0.1) is 0 Å². The van der Waals surface area contributed by atoms with Crippen LogP contribution >= 0.6 is 15.9 Å². The van der Waals surface area contributed by atoms with Gasteiger partial charge in [-0.25, -0.2) is 0 Å². The average molecular weight is 370 g/mol. The van der Waals surface area contributed by atoms with E-state index in [1.807, 2.05) is 25.2 Å². The molecule has 0 bridgehead atoms. The summed E-state index contributed by atoms with van der Waals surface area (Å²) >= 11 is 3.55. The Bertz CT molecular complexity index is 697. The van der Waals surface area contributed by atoms with Crippen LogP contribution < -0.4 is 4.90 Å². The van der Waals surface area contributed by atoms with E-state index in [-0.39, 0.29) is 6.04 Å². The molecule has 1 heterocycles. The number of fused-ring (bicyclic) bond motifs is 1. The van der Waals surface area contributed by atoms with Gasteiger partial charge in [0.2, 0.25) is 0 Å². The SMILES string of the molecule is CN1c2cccc(Br)c2CCC1c1cccc(C(F)(F)F)c1. The molecule has 0 saturated carbocycles. The summed E-state index contributed by atoms with van der Waals surface area (Å²) in [6.45, 7) is 0. The highest BCUT2D eigenvalue weighted by Gasteiger charge is 2.32. The highest BCUT2D eigenvalue weighted by molar-refractivity contribution is 9.10. The minimum atomic E-state index is -4.30. The lowest BCUT2D eigenvalue weighted by Crippen LogP contribution is -2.29. The molecule has 0 radical (unpaired) electrons. The van der Waals surface area contributed by atoms with Crippen molar-refractivity contribution >= 4 is 21.6 Å². The van der Waals surface area contributed by atoms with Crippen molar-refractivity contribution < 1.29 is 13.2 Å². The van der Waals surface area contributed by atoms with Gasteiger partial charge in [0.25, 0.3) is 0 Å². The number of anilines is 1. The van der Waals surface area contributed by atoms with E-state index < -0.39 is 11.7 Å². The van der Waals surface area contributed by atoms with Crippen LogP contribution in [0.3, 0.4) is 0 Å². The molecule has 1 aliphatic heterocycles. The first-order valence-corrected chi connectivity index (χ1v) is 7.84. The Morgan fingerprint density at radius 2 is 1.86 bits per heavy atom. The van der Waals surface area contributed by atoms with Crippen molar-refractivity contribution in [1.29, 1.82) is 0 Å². The lowest BCUT2D eigenvalue weighted by Gasteiger charge is -2.37. The minimum absolute atomic E-state index is 0.0379. The van der Waals surface area contributed by atoms with E-state index in [0.29, 0.717) is 5.56 Å².